The molecule has 0 saturated heterocycles. The van der Waals surface area contributed by atoms with Crippen molar-refractivity contribution in [3.8, 4) is 11.8 Å². The lowest BCUT2D eigenvalue weighted by Crippen LogP contribution is -2.08. The molecule has 0 amide bonds. The van der Waals surface area contributed by atoms with E-state index >= 15 is 0 Å². The second-order valence-corrected chi connectivity index (χ2v) is 8.35. The van der Waals surface area contributed by atoms with E-state index < -0.39 is 0 Å². The molecule has 9 heteroatoms. The number of hydrogen-bond acceptors (Lipinski definition) is 7. The maximum atomic E-state index is 10.6. The van der Waals surface area contributed by atoms with Crippen LogP contribution in [0.1, 0.15) is 24.1 Å². The number of nitrogens with one attached hydrogen (secondary N) is 1. The molecule has 34 heavy (non-hydrogen) atoms. The lowest BCUT2D eigenvalue weighted by atomic mass is 10.2. The molecule has 0 saturated carbocycles. The fourth-order valence-corrected chi connectivity index (χ4v) is 4.19. The molecule has 172 valence electrons. The van der Waals surface area contributed by atoms with Crippen LogP contribution in [0, 0.1) is 11.3 Å². The summed E-state index contributed by atoms with van der Waals surface area (Å²) in [6, 6.07) is 17.5. The monoisotopic (exact) mass is 472 g/mol. The van der Waals surface area contributed by atoms with E-state index in [9.17, 15) is 10.4 Å². The summed E-state index contributed by atoms with van der Waals surface area (Å²) < 4.78 is 7.75. The number of thioether (sulfide) groups is 1. The Labute approximate surface area is 201 Å². The molecule has 0 atom stereocenters. The third kappa shape index (κ3) is 5.13. The number of aliphatic hydroxyl groups excluding tert-OH is 1. The topological polar surface area (TPSA) is 113 Å². The van der Waals surface area contributed by atoms with Crippen LogP contribution < -0.4 is 4.74 Å². The van der Waals surface area contributed by atoms with Crippen molar-refractivity contribution in [3.63, 3.8) is 0 Å². The second-order valence-electron chi connectivity index (χ2n) is 7.41. The van der Waals surface area contributed by atoms with Crippen molar-refractivity contribution in [2.45, 2.75) is 31.7 Å². The van der Waals surface area contributed by atoms with Gasteiger partial charge in [0.25, 0.3) is 0 Å². The van der Waals surface area contributed by atoms with Gasteiger partial charge in [0, 0.05) is 6.54 Å². The van der Waals surface area contributed by atoms with Crippen LogP contribution in [0.2, 0.25) is 0 Å². The fourth-order valence-electron chi connectivity index (χ4n) is 3.34. The van der Waals surface area contributed by atoms with E-state index in [0.29, 0.717) is 23.4 Å². The van der Waals surface area contributed by atoms with E-state index in [1.807, 2.05) is 53.1 Å². The summed E-state index contributed by atoms with van der Waals surface area (Å²) >= 11 is 1.27. The van der Waals surface area contributed by atoms with E-state index in [2.05, 4.69) is 39.7 Å². The van der Waals surface area contributed by atoms with Crippen molar-refractivity contribution < 1.29 is 9.84 Å². The van der Waals surface area contributed by atoms with Crippen LogP contribution in [0.15, 0.2) is 72.1 Å². The molecule has 0 aliphatic rings. The van der Waals surface area contributed by atoms with Gasteiger partial charge in [-0.25, -0.2) is 4.98 Å². The number of fused-ring (bicyclic) bond motifs is 1. The summed E-state index contributed by atoms with van der Waals surface area (Å²) in [4.78, 5) is 7.48. The van der Waals surface area contributed by atoms with Crippen molar-refractivity contribution in [1.82, 2.24) is 24.7 Å². The zero-order valence-corrected chi connectivity index (χ0v) is 19.5. The molecule has 0 aliphatic carbocycles. The van der Waals surface area contributed by atoms with Gasteiger partial charge in [0.1, 0.15) is 29.8 Å². The van der Waals surface area contributed by atoms with Crippen molar-refractivity contribution in [2.24, 2.45) is 0 Å². The Kier molecular flexibility index (Phi) is 7.30. The number of nitriles is 1. The minimum absolute atomic E-state index is 0.0893. The number of hydrogen-bond donors (Lipinski definition) is 2. The molecule has 0 radical (unpaired) electrons. The molecular formula is C25H24N6O2S. The number of ether oxygens (including phenoxy) is 1. The predicted molar refractivity (Wildman–Crippen MR) is 132 cm³/mol. The number of imidazole rings is 1. The normalized spacial score (nSPS) is 11.8. The minimum Gasteiger partial charge on any atom is -0.510 e. The highest BCUT2D eigenvalue weighted by molar-refractivity contribution is 7.99. The minimum atomic E-state index is -0.0893. The largest absolute Gasteiger partial charge is 0.510 e. The van der Waals surface area contributed by atoms with Crippen LogP contribution in [0.4, 0.5) is 0 Å². The van der Waals surface area contributed by atoms with Gasteiger partial charge in [-0.2, -0.15) is 5.26 Å². The van der Waals surface area contributed by atoms with Crippen molar-refractivity contribution in [1.29, 1.82) is 5.26 Å². The Bertz CT molecular complexity index is 1330. The summed E-state index contributed by atoms with van der Waals surface area (Å²) in [5.74, 6) is 1.77. The highest BCUT2D eigenvalue weighted by Crippen LogP contribution is 2.25. The Hall–Kier alpha value is -4.03. The molecule has 0 unspecified atom stereocenters. The number of rotatable bonds is 10. The van der Waals surface area contributed by atoms with Gasteiger partial charge in [-0.1, -0.05) is 49.0 Å². The summed E-state index contributed by atoms with van der Waals surface area (Å²) in [7, 11) is 0. The van der Waals surface area contributed by atoms with Crippen LogP contribution in [-0.2, 0) is 19.6 Å². The number of aromatic amines is 1. The predicted octanol–water partition coefficient (Wildman–Crippen LogP) is 5.07. The summed E-state index contributed by atoms with van der Waals surface area (Å²) in [6.07, 6.45) is 2.72. The average Bonchev–Trinajstić information content (AvgIpc) is 3.46. The van der Waals surface area contributed by atoms with E-state index in [0.717, 1.165) is 23.2 Å². The second kappa shape index (κ2) is 10.7. The number of allylic oxidation sites excluding steroid dienone is 2. The van der Waals surface area contributed by atoms with Crippen LogP contribution in [0.5, 0.6) is 5.75 Å². The van der Waals surface area contributed by atoms with E-state index in [1.54, 1.807) is 6.08 Å². The Morgan fingerprint density at radius 3 is 2.74 bits per heavy atom. The maximum absolute atomic E-state index is 10.6. The highest BCUT2D eigenvalue weighted by atomic mass is 32.2. The van der Waals surface area contributed by atoms with E-state index in [-0.39, 0.29) is 23.7 Å². The lowest BCUT2D eigenvalue weighted by Gasteiger charge is -2.09. The van der Waals surface area contributed by atoms with Crippen molar-refractivity contribution in [3.05, 3.63) is 84.2 Å². The van der Waals surface area contributed by atoms with Gasteiger partial charge in [-0.3, -0.25) is 4.57 Å². The SMILES string of the molecule is C=CCn1c(COc2ccc(CC)cc2)nnc1SC/C(O)=C(\C#N)c1nc2ccccc2[nH]1. The zero-order chi connectivity index (χ0) is 23.9. The number of aromatic nitrogens is 5. The number of nitrogens with zero attached hydrogens (tertiary/aromatic N) is 5. The standard InChI is InChI=1S/C25H24N6O2S/c1-3-13-31-23(15-33-18-11-9-17(4-2)10-12-18)29-30-25(31)34-16-22(32)19(14-26)24-27-20-7-5-6-8-21(20)28-24/h3,5-12,32H,1,4,13,15-16H2,2H3,(H,27,28)/b22-19-. The third-order valence-electron chi connectivity index (χ3n) is 5.17. The van der Waals surface area contributed by atoms with Crippen LogP contribution in [-0.4, -0.2) is 35.6 Å². The van der Waals surface area contributed by atoms with Crippen molar-refractivity contribution >= 4 is 28.4 Å². The molecule has 0 fully saturated rings. The molecule has 2 N–H and O–H groups in total. The van der Waals surface area contributed by atoms with E-state index in [1.165, 1.54) is 17.3 Å². The molecule has 0 aliphatic heterocycles. The number of aryl methyl sites for hydroxylation is 1. The first-order valence-electron chi connectivity index (χ1n) is 10.8. The van der Waals surface area contributed by atoms with Gasteiger partial charge in [0.05, 0.1) is 16.8 Å². The first-order chi connectivity index (χ1) is 16.6. The van der Waals surface area contributed by atoms with Crippen LogP contribution >= 0.6 is 11.8 Å². The maximum Gasteiger partial charge on any atom is 0.192 e. The average molecular weight is 473 g/mol. The van der Waals surface area contributed by atoms with Gasteiger partial charge >= 0.3 is 0 Å². The van der Waals surface area contributed by atoms with Crippen molar-refractivity contribution in [2.75, 3.05) is 5.75 Å². The molecule has 0 bridgehead atoms. The quantitative estimate of drug-likeness (QED) is 0.143. The number of aliphatic hydroxyl groups is 1. The molecule has 2 aromatic heterocycles. The first kappa shape index (κ1) is 23.1. The van der Waals surface area contributed by atoms with Gasteiger partial charge in [-0.05, 0) is 36.2 Å². The zero-order valence-electron chi connectivity index (χ0n) is 18.7. The molecule has 4 rings (SSSR count). The summed E-state index contributed by atoms with van der Waals surface area (Å²) in [6.45, 7) is 6.65. The molecule has 2 aromatic carbocycles. The Morgan fingerprint density at radius 1 is 1.24 bits per heavy atom. The van der Waals surface area contributed by atoms with Gasteiger partial charge in [0.15, 0.2) is 16.8 Å². The van der Waals surface area contributed by atoms with Crippen LogP contribution in [0.3, 0.4) is 0 Å². The van der Waals surface area contributed by atoms with Gasteiger partial charge in [0.2, 0.25) is 0 Å². The summed E-state index contributed by atoms with van der Waals surface area (Å²) in [5.41, 5.74) is 2.86. The number of H-pyrrole nitrogens is 1. The molecule has 2 heterocycles. The fraction of sp³-hybridized carbons (Fsp3) is 0.200. The Balaban J connectivity index is 1.48. The number of benzene rings is 2. The van der Waals surface area contributed by atoms with E-state index in [4.69, 9.17) is 4.74 Å². The molecule has 0 spiro atoms. The molecule has 4 aromatic rings. The molecular weight excluding hydrogens is 448 g/mol. The smallest absolute Gasteiger partial charge is 0.192 e. The van der Waals surface area contributed by atoms with Crippen LogP contribution in [0.25, 0.3) is 16.6 Å². The first-order valence-corrected chi connectivity index (χ1v) is 11.8. The Morgan fingerprint density at radius 2 is 2.03 bits per heavy atom. The third-order valence-corrected chi connectivity index (χ3v) is 6.15. The summed E-state index contributed by atoms with van der Waals surface area (Å²) in [5, 5.41) is 29.4. The van der Waals surface area contributed by atoms with Gasteiger partial charge < -0.3 is 14.8 Å². The van der Waals surface area contributed by atoms with Gasteiger partial charge in [-0.15, -0.1) is 16.8 Å². The highest BCUT2D eigenvalue weighted by Gasteiger charge is 2.17. The number of para-hydroxylation sites is 2. The lowest BCUT2D eigenvalue weighted by molar-refractivity contribution is 0.289. The molecule has 8 nitrogen and oxygen atoms in total.